The van der Waals surface area contributed by atoms with Gasteiger partial charge in [-0.25, -0.2) is 13.1 Å². The molecule has 1 amide bonds. The van der Waals surface area contributed by atoms with Gasteiger partial charge in [-0.2, -0.15) is 0 Å². The standard InChI is InChI=1S/C14H18N2O5S/c1-9-7-11-8-12(3-4-13(11)16(9)10(2)17)22(20,21)15-6-5-14(18)19/h3-4,8-9,15H,5-7H2,1-2H3,(H,18,19)/t9-/m0/s1. The number of hydrogen-bond acceptors (Lipinski definition) is 4. The minimum atomic E-state index is -3.75. The molecule has 0 saturated heterocycles. The van der Waals surface area contributed by atoms with Crippen molar-refractivity contribution in [3.63, 3.8) is 0 Å². The van der Waals surface area contributed by atoms with Gasteiger partial charge in [-0.1, -0.05) is 0 Å². The van der Waals surface area contributed by atoms with Crippen LogP contribution in [0.5, 0.6) is 0 Å². The zero-order chi connectivity index (χ0) is 16.5. The van der Waals surface area contributed by atoms with E-state index >= 15 is 0 Å². The van der Waals surface area contributed by atoms with E-state index in [4.69, 9.17) is 5.11 Å². The van der Waals surface area contributed by atoms with Crippen LogP contribution in [-0.4, -0.2) is 38.0 Å². The lowest BCUT2D eigenvalue weighted by atomic mass is 10.1. The van der Waals surface area contributed by atoms with Crippen molar-refractivity contribution < 1.29 is 23.1 Å². The lowest BCUT2D eigenvalue weighted by molar-refractivity contribution is -0.136. The zero-order valence-corrected chi connectivity index (χ0v) is 13.2. The number of nitrogens with zero attached hydrogens (tertiary/aromatic N) is 1. The van der Waals surface area contributed by atoms with Gasteiger partial charge in [0.2, 0.25) is 15.9 Å². The summed E-state index contributed by atoms with van der Waals surface area (Å²) in [5.74, 6) is -1.15. The minimum Gasteiger partial charge on any atom is -0.481 e. The van der Waals surface area contributed by atoms with Crippen molar-refractivity contribution in [1.29, 1.82) is 0 Å². The average molecular weight is 326 g/mol. The van der Waals surface area contributed by atoms with Crippen LogP contribution in [0.1, 0.15) is 25.8 Å². The monoisotopic (exact) mass is 326 g/mol. The van der Waals surface area contributed by atoms with Crippen molar-refractivity contribution in [3.05, 3.63) is 23.8 Å². The number of amides is 1. The second-order valence-corrected chi connectivity index (χ2v) is 7.04. The Morgan fingerprint density at radius 2 is 2.09 bits per heavy atom. The molecule has 1 aromatic rings. The highest BCUT2D eigenvalue weighted by molar-refractivity contribution is 7.89. The molecule has 0 aliphatic carbocycles. The Morgan fingerprint density at radius 1 is 1.41 bits per heavy atom. The maximum absolute atomic E-state index is 12.1. The zero-order valence-electron chi connectivity index (χ0n) is 12.4. The summed E-state index contributed by atoms with van der Waals surface area (Å²) in [7, 11) is -3.75. The van der Waals surface area contributed by atoms with Crippen LogP contribution in [0.4, 0.5) is 5.69 Å². The number of nitrogens with one attached hydrogen (secondary N) is 1. The molecule has 0 aromatic heterocycles. The summed E-state index contributed by atoms with van der Waals surface area (Å²) >= 11 is 0. The molecule has 1 atom stereocenters. The van der Waals surface area contributed by atoms with Crippen LogP contribution in [0.25, 0.3) is 0 Å². The Hall–Kier alpha value is -1.93. The third-order valence-electron chi connectivity index (χ3n) is 3.55. The van der Waals surface area contributed by atoms with Crippen molar-refractivity contribution in [1.82, 2.24) is 4.72 Å². The number of rotatable bonds is 5. The van der Waals surface area contributed by atoms with E-state index in [9.17, 15) is 18.0 Å². The molecular weight excluding hydrogens is 308 g/mol. The van der Waals surface area contributed by atoms with Crippen molar-refractivity contribution in [2.45, 2.75) is 37.6 Å². The first-order valence-electron chi connectivity index (χ1n) is 6.86. The fourth-order valence-corrected chi connectivity index (χ4v) is 3.71. The van der Waals surface area contributed by atoms with Gasteiger partial charge >= 0.3 is 5.97 Å². The second-order valence-electron chi connectivity index (χ2n) is 5.27. The Morgan fingerprint density at radius 3 is 2.68 bits per heavy atom. The van der Waals surface area contributed by atoms with Gasteiger partial charge in [-0.15, -0.1) is 0 Å². The number of hydrogen-bond donors (Lipinski definition) is 2. The number of carboxylic acids is 1. The first kappa shape index (κ1) is 16.4. The number of carboxylic acid groups (broad SMARTS) is 1. The van der Waals surface area contributed by atoms with Gasteiger partial charge in [0.25, 0.3) is 0 Å². The molecule has 2 rings (SSSR count). The molecule has 1 aliphatic heterocycles. The molecule has 1 aliphatic rings. The molecule has 0 saturated carbocycles. The van der Waals surface area contributed by atoms with Crippen molar-refractivity contribution >= 4 is 27.6 Å². The maximum Gasteiger partial charge on any atom is 0.304 e. The summed E-state index contributed by atoms with van der Waals surface area (Å²) in [5.41, 5.74) is 1.52. The van der Waals surface area contributed by atoms with Gasteiger partial charge in [0.1, 0.15) is 0 Å². The van der Waals surface area contributed by atoms with E-state index in [-0.39, 0.29) is 29.8 Å². The first-order chi connectivity index (χ1) is 10.2. The van der Waals surface area contributed by atoms with Crippen LogP contribution in [0.3, 0.4) is 0 Å². The van der Waals surface area contributed by atoms with Crippen LogP contribution in [0.2, 0.25) is 0 Å². The van der Waals surface area contributed by atoms with Crippen molar-refractivity contribution in [3.8, 4) is 0 Å². The van der Waals surface area contributed by atoms with Crippen LogP contribution in [-0.2, 0) is 26.0 Å². The number of anilines is 1. The van der Waals surface area contributed by atoms with Gasteiger partial charge in [-0.05, 0) is 37.1 Å². The van der Waals surface area contributed by atoms with Crippen molar-refractivity contribution in [2.24, 2.45) is 0 Å². The molecule has 7 nitrogen and oxygen atoms in total. The highest BCUT2D eigenvalue weighted by atomic mass is 32.2. The van der Waals surface area contributed by atoms with E-state index in [1.807, 2.05) is 6.92 Å². The summed E-state index contributed by atoms with van der Waals surface area (Å²) < 4.78 is 26.5. The molecule has 8 heteroatoms. The molecule has 1 aromatic carbocycles. The molecule has 0 spiro atoms. The van der Waals surface area contributed by atoms with E-state index in [1.165, 1.54) is 19.1 Å². The summed E-state index contributed by atoms with van der Waals surface area (Å²) in [5, 5.41) is 8.55. The van der Waals surface area contributed by atoms with E-state index in [2.05, 4.69) is 4.72 Å². The molecule has 0 radical (unpaired) electrons. The van der Waals surface area contributed by atoms with E-state index in [0.717, 1.165) is 11.3 Å². The fraction of sp³-hybridized carbons (Fsp3) is 0.429. The first-order valence-corrected chi connectivity index (χ1v) is 8.35. The molecular formula is C14H18N2O5S. The van der Waals surface area contributed by atoms with Gasteiger partial charge < -0.3 is 10.0 Å². The molecule has 1 heterocycles. The third-order valence-corrected chi connectivity index (χ3v) is 5.01. The molecule has 0 unspecified atom stereocenters. The SMILES string of the molecule is CC(=O)N1c2ccc(S(=O)(=O)NCCC(=O)O)cc2C[C@@H]1C. The predicted octanol–water partition coefficient (Wildman–Crippen LogP) is 0.737. The highest BCUT2D eigenvalue weighted by Crippen LogP contribution is 2.33. The normalized spacial score (nSPS) is 17.4. The molecule has 2 N–H and O–H groups in total. The van der Waals surface area contributed by atoms with Gasteiger partial charge in [-0.3, -0.25) is 9.59 Å². The highest BCUT2D eigenvalue weighted by Gasteiger charge is 2.30. The lowest BCUT2D eigenvalue weighted by Gasteiger charge is -2.20. The van der Waals surface area contributed by atoms with Crippen molar-refractivity contribution in [2.75, 3.05) is 11.4 Å². The Bertz CT molecular complexity index is 714. The number of aliphatic carboxylic acids is 1. The summed E-state index contributed by atoms with van der Waals surface area (Å²) in [6.07, 6.45) is 0.312. The van der Waals surface area contributed by atoms with Crippen LogP contribution < -0.4 is 9.62 Å². The Balaban J connectivity index is 2.24. The number of sulfonamides is 1. The Labute approximate surface area is 129 Å². The predicted molar refractivity (Wildman–Crippen MR) is 80.2 cm³/mol. The maximum atomic E-state index is 12.1. The summed E-state index contributed by atoms with van der Waals surface area (Å²) in [4.78, 5) is 23.8. The van der Waals surface area contributed by atoms with E-state index in [0.29, 0.717) is 6.42 Å². The largest absolute Gasteiger partial charge is 0.481 e. The Kier molecular flexibility index (Phi) is 4.52. The number of carbonyl (C=O) groups is 2. The van der Waals surface area contributed by atoms with Gasteiger partial charge in [0.05, 0.1) is 11.3 Å². The number of benzene rings is 1. The third kappa shape index (κ3) is 3.28. The quantitative estimate of drug-likeness (QED) is 0.830. The van der Waals surface area contributed by atoms with Crippen LogP contribution in [0, 0.1) is 0 Å². The van der Waals surface area contributed by atoms with E-state index < -0.39 is 16.0 Å². The second kappa shape index (κ2) is 6.05. The number of carbonyl (C=O) groups excluding carboxylic acids is 1. The number of fused-ring (bicyclic) bond motifs is 1. The molecule has 0 fully saturated rings. The smallest absolute Gasteiger partial charge is 0.304 e. The summed E-state index contributed by atoms with van der Waals surface area (Å²) in [6, 6.07) is 4.57. The fourth-order valence-electron chi connectivity index (χ4n) is 2.63. The topological polar surface area (TPSA) is 104 Å². The molecule has 22 heavy (non-hydrogen) atoms. The lowest BCUT2D eigenvalue weighted by Crippen LogP contribution is -2.33. The summed E-state index contributed by atoms with van der Waals surface area (Å²) in [6.45, 7) is 3.22. The van der Waals surface area contributed by atoms with E-state index in [1.54, 1.807) is 11.0 Å². The minimum absolute atomic E-state index is 0.00887. The van der Waals surface area contributed by atoms with Gasteiger partial charge in [0, 0.05) is 25.2 Å². The molecule has 120 valence electrons. The average Bonchev–Trinajstić information content (AvgIpc) is 2.72. The molecule has 0 bridgehead atoms. The van der Waals surface area contributed by atoms with Crippen LogP contribution >= 0.6 is 0 Å². The van der Waals surface area contributed by atoms with Gasteiger partial charge in [0.15, 0.2) is 0 Å². The van der Waals surface area contributed by atoms with Crippen LogP contribution in [0.15, 0.2) is 23.1 Å².